The number of alkyl halides is 3. The normalized spacial score (nSPS) is 14.3. The SMILES string of the molecule is Cc1c(C(N)CCC(F)(F)F)cnn1C. The van der Waals surface area contributed by atoms with Gasteiger partial charge in [-0.2, -0.15) is 18.3 Å². The molecule has 0 spiro atoms. The number of halogens is 3. The summed E-state index contributed by atoms with van der Waals surface area (Å²) in [6.07, 6.45) is -3.58. The third-order valence-electron chi connectivity index (χ3n) is 2.41. The van der Waals surface area contributed by atoms with Crippen molar-refractivity contribution in [1.29, 1.82) is 0 Å². The van der Waals surface area contributed by atoms with E-state index in [9.17, 15) is 13.2 Å². The summed E-state index contributed by atoms with van der Waals surface area (Å²) >= 11 is 0. The maximum Gasteiger partial charge on any atom is 0.389 e. The van der Waals surface area contributed by atoms with E-state index in [4.69, 9.17) is 5.73 Å². The van der Waals surface area contributed by atoms with Crippen LogP contribution in [0.5, 0.6) is 0 Å². The minimum Gasteiger partial charge on any atom is -0.324 e. The predicted octanol–water partition coefficient (Wildman–Crippen LogP) is 2.07. The molecular formula is C9H14F3N3. The van der Waals surface area contributed by atoms with Crippen LogP contribution in [-0.2, 0) is 7.05 Å². The third kappa shape index (κ3) is 3.23. The van der Waals surface area contributed by atoms with Crippen LogP contribution in [0.2, 0.25) is 0 Å². The fourth-order valence-corrected chi connectivity index (χ4v) is 1.35. The van der Waals surface area contributed by atoms with E-state index in [0.717, 1.165) is 5.69 Å². The average Bonchev–Trinajstić information content (AvgIpc) is 2.43. The molecule has 0 saturated carbocycles. The number of nitrogens with zero attached hydrogens (tertiary/aromatic N) is 2. The Bertz CT molecular complexity index is 330. The Morgan fingerprint density at radius 3 is 2.53 bits per heavy atom. The molecule has 1 heterocycles. The first-order chi connectivity index (χ1) is 6.81. The number of aromatic nitrogens is 2. The lowest BCUT2D eigenvalue weighted by Crippen LogP contribution is -2.16. The standard InChI is InChI=1S/C9H14F3N3/c1-6-7(5-14-15(6)2)8(13)3-4-9(10,11)12/h5,8H,3-4,13H2,1-2H3. The van der Waals surface area contributed by atoms with Crippen LogP contribution >= 0.6 is 0 Å². The molecule has 0 aliphatic heterocycles. The van der Waals surface area contributed by atoms with Gasteiger partial charge in [-0.25, -0.2) is 0 Å². The monoisotopic (exact) mass is 221 g/mol. The van der Waals surface area contributed by atoms with Gasteiger partial charge in [0.05, 0.1) is 6.20 Å². The van der Waals surface area contributed by atoms with Gasteiger partial charge in [0.15, 0.2) is 0 Å². The molecule has 1 aromatic heterocycles. The number of rotatable bonds is 3. The Hall–Kier alpha value is -1.04. The van der Waals surface area contributed by atoms with Gasteiger partial charge < -0.3 is 5.73 Å². The molecule has 2 N–H and O–H groups in total. The largest absolute Gasteiger partial charge is 0.389 e. The van der Waals surface area contributed by atoms with Crippen molar-refractivity contribution in [1.82, 2.24) is 9.78 Å². The highest BCUT2D eigenvalue weighted by Crippen LogP contribution is 2.27. The van der Waals surface area contributed by atoms with Gasteiger partial charge in [-0.1, -0.05) is 0 Å². The molecule has 0 radical (unpaired) electrons. The molecule has 1 atom stereocenters. The molecule has 1 rings (SSSR count). The number of aryl methyl sites for hydroxylation is 1. The van der Waals surface area contributed by atoms with Crippen molar-refractivity contribution in [3.05, 3.63) is 17.5 Å². The zero-order valence-corrected chi connectivity index (χ0v) is 8.67. The Labute approximate surface area is 86.1 Å². The zero-order valence-electron chi connectivity index (χ0n) is 8.67. The molecule has 0 aromatic carbocycles. The summed E-state index contributed by atoms with van der Waals surface area (Å²) in [5, 5.41) is 3.94. The van der Waals surface area contributed by atoms with Gasteiger partial charge in [-0.15, -0.1) is 0 Å². The van der Waals surface area contributed by atoms with E-state index in [0.29, 0.717) is 5.56 Å². The molecule has 3 nitrogen and oxygen atoms in total. The van der Waals surface area contributed by atoms with Crippen LogP contribution in [0.1, 0.15) is 30.1 Å². The Morgan fingerprint density at radius 2 is 2.13 bits per heavy atom. The van der Waals surface area contributed by atoms with E-state index < -0.39 is 18.6 Å². The second-order valence-electron chi connectivity index (χ2n) is 3.57. The van der Waals surface area contributed by atoms with Gasteiger partial charge >= 0.3 is 6.18 Å². The first kappa shape index (κ1) is 12.0. The highest BCUT2D eigenvalue weighted by Gasteiger charge is 2.28. The lowest BCUT2D eigenvalue weighted by molar-refractivity contribution is -0.136. The molecule has 0 fully saturated rings. The van der Waals surface area contributed by atoms with Crippen LogP contribution < -0.4 is 5.73 Å². The van der Waals surface area contributed by atoms with Gasteiger partial charge in [0.1, 0.15) is 0 Å². The van der Waals surface area contributed by atoms with E-state index in [1.807, 2.05) is 0 Å². The highest BCUT2D eigenvalue weighted by molar-refractivity contribution is 5.19. The molecule has 0 aliphatic rings. The van der Waals surface area contributed by atoms with E-state index in [2.05, 4.69) is 5.10 Å². The summed E-state index contributed by atoms with van der Waals surface area (Å²) in [6, 6.07) is -0.597. The molecule has 0 amide bonds. The molecule has 0 aliphatic carbocycles. The van der Waals surface area contributed by atoms with Gasteiger partial charge in [0.25, 0.3) is 0 Å². The van der Waals surface area contributed by atoms with Gasteiger partial charge in [-0.05, 0) is 13.3 Å². The zero-order chi connectivity index (χ0) is 11.6. The van der Waals surface area contributed by atoms with Crippen LogP contribution in [0, 0.1) is 6.92 Å². The van der Waals surface area contributed by atoms with Crippen LogP contribution in [0.25, 0.3) is 0 Å². The van der Waals surface area contributed by atoms with Crippen LogP contribution in [0.15, 0.2) is 6.20 Å². The van der Waals surface area contributed by atoms with Crippen molar-refractivity contribution in [3.8, 4) is 0 Å². The smallest absolute Gasteiger partial charge is 0.324 e. The first-order valence-electron chi connectivity index (χ1n) is 4.62. The number of nitrogens with two attached hydrogens (primary N) is 1. The van der Waals surface area contributed by atoms with E-state index in [1.54, 1.807) is 18.7 Å². The van der Waals surface area contributed by atoms with E-state index in [1.165, 1.54) is 6.20 Å². The Morgan fingerprint density at radius 1 is 1.53 bits per heavy atom. The topological polar surface area (TPSA) is 43.8 Å². The predicted molar refractivity (Wildman–Crippen MR) is 50.2 cm³/mol. The van der Waals surface area contributed by atoms with Crippen LogP contribution in [-0.4, -0.2) is 16.0 Å². The molecule has 1 aromatic rings. The first-order valence-corrected chi connectivity index (χ1v) is 4.62. The van der Waals surface area contributed by atoms with Crippen LogP contribution in [0.4, 0.5) is 13.2 Å². The second-order valence-corrected chi connectivity index (χ2v) is 3.57. The highest BCUT2D eigenvalue weighted by atomic mass is 19.4. The molecule has 15 heavy (non-hydrogen) atoms. The summed E-state index contributed by atoms with van der Waals surface area (Å²) in [7, 11) is 1.73. The Balaban J connectivity index is 2.62. The Kier molecular flexibility index (Phi) is 3.38. The van der Waals surface area contributed by atoms with Crippen LogP contribution in [0.3, 0.4) is 0 Å². The van der Waals surface area contributed by atoms with Gasteiger partial charge in [0, 0.05) is 30.8 Å². The average molecular weight is 221 g/mol. The molecule has 86 valence electrons. The lowest BCUT2D eigenvalue weighted by Gasteiger charge is -2.12. The summed E-state index contributed by atoms with van der Waals surface area (Å²) in [4.78, 5) is 0. The van der Waals surface area contributed by atoms with E-state index in [-0.39, 0.29) is 6.42 Å². The quantitative estimate of drug-likeness (QED) is 0.849. The minimum absolute atomic E-state index is 0.101. The summed E-state index contributed by atoms with van der Waals surface area (Å²) in [5.74, 6) is 0. The summed E-state index contributed by atoms with van der Waals surface area (Å²) < 4.78 is 37.5. The maximum absolute atomic E-state index is 12.0. The third-order valence-corrected chi connectivity index (χ3v) is 2.41. The van der Waals surface area contributed by atoms with Crippen molar-refractivity contribution in [2.24, 2.45) is 12.8 Å². The maximum atomic E-state index is 12.0. The fraction of sp³-hybridized carbons (Fsp3) is 0.667. The summed E-state index contributed by atoms with van der Waals surface area (Å²) in [5.41, 5.74) is 7.16. The van der Waals surface area contributed by atoms with Crippen molar-refractivity contribution in [2.75, 3.05) is 0 Å². The number of hydrogen-bond donors (Lipinski definition) is 1. The van der Waals surface area contributed by atoms with E-state index >= 15 is 0 Å². The molecule has 1 unspecified atom stereocenters. The minimum atomic E-state index is -4.15. The molecule has 0 saturated heterocycles. The fourth-order valence-electron chi connectivity index (χ4n) is 1.35. The summed E-state index contributed by atoms with van der Waals surface area (Å²) in [6.45, 7) is 1.79. The van der Waals surface area contributed by atoms with Crippen molar-refractivity contribution in [2.45, 2.75) is 32.0 Å². The second kappa shape index (κ2) is 4.22. The van der Waals surface area contributed by atoms with Gasteiger partial charge in [-0.3, -0.25) is 4.68 Å². The van der Waals surface area contributed by atoms with Crippen molar-refractivity contribution in [3.63, 3.8) is 0 Å². The molecule has 6 heteroatoms. The number of hydrogen-bond acceptors (Lipinski definition) is 2. The van der Waals surface area contributed by atoms with Gasteiger partial charge in [0.2, 0.25) is 0 Å². The van der Waals surface area contributed by atoms with Crippen molar-refractivity contribution >= 4 is 0 Å². The molecule has 0 bridgehead atoms. The molecular weight excluding hydrogens is 207 g/mol. The van der Waals surface area contributed by atoms with Crippen molar-refractivity contribution < 1.29 is 13.2 Å². The lowest BCUT2D eigenvalue weighted by atomic mass is 10.0.